The van der Waals surface area contributed by atoms with Crippen LogP contribution in [0.1, 0.15) is 88.2 Å². The second-order valence-electron chi connectivity index (χ2n) is 7.98. The predicted molar refractivity (Wildman–Crippen MR) is 84.2 cm³/mol. The van der Waals surface area contributed by atoms with Gasteiger partial charge in [0.2, 0.25) is 0 Å². The van der Waals surface area contributed by atoms with Gasteiger partial charge in [0, 0.05) is 35.5 Å². The van der Waals surface area contributed by atoms with Crippen molar-refractivity contribution in [2.45, 2.75) is 54.8 Å². The first kappa shape index (κ1) is 10.2. The first-order valence-electron chi connectivity index (χ1n) is 8.68. The summed E-state index contributed by atoms with van der Waals surface area (Å²) in [5.74, 6) is 4.36. The Hall–Kier alpha value is -1.56. The summed E-state index contributed by atoms with van der Waals surface area (Å²) >= 11 is 0. The van der Waals surface area contributed by atoms with Crippen LogP contribution in [0.2, 0.25) is 0 Å². The maximum Gasteiger partial charge on any atom is 0.00331 e. The van der Waals surface area contributed by atoms with Gasteiger partial charge in [0.15, 0.2) is 0 Å². The van der Waals surface area contributed by atoms with Gasteiger partial charge in [-0.1, -0.05) is 36.5 Å². The van der Waals surface area contributed by atoms with Crippen LogP contribution in [-0.2, 0) is 0 Å². The van der Waals surface area contributed by atoms with Crippen molar-refractivity contribution in [1.29, 1.82) is 0 Å². The van der Waals surface area contributed by atoms with E-state index < -0.39 is 0 Å². The van der Waals surface area contributed by atoms with Crippen molar-refractivity contribution in [1.82, 2.24) is 0 Å². The minimum absolute atomic E-state index is 0.727. The zero-order chi connectivity index (χ0) is 13.3. The van der Waals surface area contributed by atoms with Crippen molar-refractivity contribution in [3.05, 3.63) is 69.8 Å². The van der Waals surface area contributed by atoms with Crippen LogP contribution < -0.4 is 0 Å². The lowest BCUT2D eigenvalue weighted by atomic mass is 9.76. The van der Waals surface area contributed by atoms with Crippen molar-refractivity contribution in [2.24, 2.45) is 0 Å². The molecule has 0 spiro atoms. The lowest BCUT2D eigenvalue weighted by Crippen LogP contribution is -2.12. The highest BCUT2D eigenvalue weighted by Crippen LogP contribution is 2.65. The van der Waals surface area contributed by atoms with E-state index in [2.05, 4.69) is 36.5 Å². The Balaban J connectivity index is 1.73. The van der Waals surface area contributed by atoms with Gasteiger partial charge in [0.05, 0.1) is 0 Å². The number of benzene rings is 1. The first-order valence-corrected chi connectivity index (χ1v) is 8.68. The molecule has 6 atom stereocenters. The third-order valence-electron chi connectivity index (χ3n) is 7.22. The van der Waals surface area contributed by atoms with E-state index in [0.717, 1.165) is 35.5 Å². The van der Waals surface area contributed by atoms with Crippen LogP contribution in [-0.4, -0.2) is 0 Å². The van der Waals surface area contributed by atoms with E-state index >= 15 is 0 Å². The van der Waals surface area contributed by atoms with Crippen LogP contribution in [0.5, 0.6) is 0 Å². The second kappa shape index (κ2) is 2.97. The van der Waals surface area contributed by atoms with Gasteiger partial charge in [-0.05, 0) is 52.6 Å². The number of allylic oxidation sites excluding steroid dienone is 6. The third-order valence-corrected chi connectivity index (χ3v) is 7.22. The summed E-state index contributed by atoms with van der Waals surface area (Å²) in [5, 5.41) is 0. The van der Waals surface area contributed by atoms with Crippen molar-refractivity contribution in [3.8, 4) is 0 Å². The van der Waals surface area contributed by atoms with E-state index in [1.54, 1.807) is 33.4 Å². The molecule has 6 aliphatic rings. The highest BCUT2D eigenvalue weighted by atomic mass is 14.5. The van der Waals surface area contributed by atoms with Gasteiger partial charge in [0.25, 0.3) is 0 Å². The van der Waals surface area contributed by atoms with Crippen LogP contribution in [0, 0.1) is 0 Å². The Morgan fingerprint density at radius 3 is 0.762 bits per heavy atom. The average Bonchev–Trinajstić information content (AvgIpc) is 3.14. The SMILES string of the molecule is C1=C[C@H]2C[C@H]3C=C[C@H]4C[C@H]5C=C[C@H]6C[C@@H]1c1c2c3c4c5c16. The van der Waals surface area contributed by atoms with E-state index in [4.69, 9.17) is 0 Å². The molecule has 1 aromatic carbocycles. The van der Waals surface area contributed by atoms with Crippen molar-refractivity contribution in [2.75, 3.05) is 0 Å². The highest BCUT2D eigenvalue weighted by molar-refractivity contribution is 5.71. The average molecular weight is 270 g/mol. The molecule has 0 heterocycles. The third kappa shape index (κ3) is 0.924. The van der Waals surface area contributed by atoms with Gasteiger partial charge in [-0.2, -0.15) is 0 Å². The zero-order valence-corrected chi connectivity index (χ0v) is 12.0. The van der Waals surface area contributed by atoms with Gasteiger partial charge in [-0.25, -0.2) is 0 Å². The topological polar surface area (TPSA) is 0 Å². The summed E-state index contributed by atoms with van der Waals surface area (Å²) in [6.45, 7) is 0. The number of hydrogen-bond acceptors (Lipinski definition) is 0. The summed E-state index contributed by atoms with van der Waals surface area (Å²) < 4.78 is 0. The predicted octanol–water partition coefficient (Wildman–Crippen LogP) is 5.11. The van der Waals surface area contributed by atoms with E-state index in [-0.39, 0.29) is 0 Å². The normalized spacial score (nSPS) is 44.0. The molecule has 0 fully saturated rings. The Morgan fingerprint density at radius 2 is 0.571 bits per heavy atom. The fourth-order valence-electron chi connectivity index (χ4n) is 6.65. The molecule has 0 radical (unpaired) electrons. The molecule has 7 rings (SSSR count). The van der Waals surface area contributed by atoms with Crippen LogP contribution in [0.15, 0.2) is 36.5 Å². The Bertz CT molecular complexity index is 627. The molecule has 0 nitrogen and oxygen atoms in total. The largest absolute Gasteiger partial charge is 0.0803 e. The van der Waals surface area contributed by atoms with Crippen molar-refractivity contribution in [3.63, 3.8) is 0 Å². The van der Waals surface area contributed by atoms with Crippen molar-refractivity contribution >= 4 is 0 Å². The molecule has 0 amide bonds. The molecule has 102 valence electrons. The molecule has 0 saturated heterocycles. The first-order chi connectivity index (χ1) is 10.4. The minimum atomic E-state index is 0.727. The molecular formula is C21H18. The Labute approximate surface area is 125 Å². The molecule has 21 heavy (non-hydrogen) atoms. The van der Waals surface area contributed by atoms with Gasteiger partial charge in [0.1, 0.15) is 0 Å². The number of rotatable bonds is 0. The minimum Gasteiger partial charge on any atom is -0.0803 e. The quantitative estimate of drug-likeness (QED) is 0.575. The summed E-state index contributed by atoms with van der Waals surface area (Å²) in [4.78, 5) is 0. The molecule has 6 aliphatic carbocycles. The van der Waals surface area contributed by atoms with Gasteiger partial charge >= 0.3 is 0 Å². The number of hydrogen-bond donors (Lipinski definition) is 0. The lowest BCUT2D eigenvalue weighted by Gasteiger charge is -2.28. The summed E-state index contributed by atoms with van der Waals surface area (Å²) in [6, 6.07) is 0. The molecule has 0 heteroatoms. The summed E-state index contributed by atoms with van der Waals surface area (Å²) in [6.07, 6.45) is 19.3. The van der Waals surface area contributed by atoms with Gasteiger partial charge in [-0.3, -0.25) is 0 Å². The summed E-state index contributed by atoms with van der Waals surface area (Å²) in [7, 11) is 0. The van der Waals surface area contributed by atoms with Gasteiger partial charge in [-0.15, -0.1) is 0 Å². The fraction of sp³-hybridized carbons (Fsp3) is 0.429. The van der Waals surface area contributed by atoms with Crippen LogP contribution in [0.4, 0.5) is 0 Å². The maximum atomic E-state index is 2.55. The van der Waals surface area contributed by atoms with Crippen LogP contribution in [0.3, 0.4) is 0 Å². The van der Waals surface area contributed by atoms with Crippen molar-refractivity contribution < 1.29 is 0 Å². The van der Waals surface area contributed by atoms with E-state index in [1.165, 1.54) is 19.3 Å². The maximum absolute atomic E-state index is 2.55. The molecule has 1 aromatic rings. The highest BCUT2D eigenvalue weighted by Gasteiger charge is 2.49. The van der Waals surface area contributed by atoms with E-state index in [9.17, 15) is 0 Å². The van der Waals surface area contributed by atoms with E-state index in [0.29, 0.717) is 0 Å². The molecule has 0 N–H and O–H groups in total. The standard InChI is InChI=1S/C21H18/c1-2-11-8-13-5-6-15-9-14-4-3-12-7-10(1)16-17(11)19(13)21(15)20(14)18(12)16/h1-6,10-15H,7-9H2/t10-,11+,12+,13-,14-,15+. The molecule has 0 saturated carbocycles. The molecule has 0 unspecified atom stereocenters. The van der Waals surface area contributed by atoms with Gasteiger partial charge < -0.3 is 0 Å². The molecule has 0 bridgehead atoms. The Morgan fingerprint density at radius 1 is 0.381 bits per heavy atom. The monoisotopic (exact) mass is 270 g/mol. The smallest absolute Gasteiger partial charge is 0.00331 e. The lowest BCUT2D eigenvalue weighted by molar-refractivity contribution is 0.693. The fourth-order valence-corrected chi connectivity index (χ4v) is 6.65. The zero-order valence-electron chi connectivity index (χ0n) is 12.0. The summed E-state index contributed by atoms with van der Waals surface area (Å²) in [5.41, 5.74) is 10.8. The Kier molecular flexibility index (Phi) is 1.45. The molecule has 0 aromatic heterocycles. The molecular weight excluding hydrogens is 252 g/mol. The van der Waals surface area contributed by atoms with E-state index in [1.807, 2.05) is 0 Å². The van der Waals surface area contributed by atoms with Crippen LogP contribution >= 0.6 is 0 Å². The second-order valence-corrected chi connectivity index (χ2v) is 7.98. The van der Waals surface area contributed by atoms with Crippen LogP contribution in [0.25, 0.3) is 0 Å². The molecule has 0 aliphatic heterocycles.